The molecule has 0 fully saturated rings. The minimum absolute atomic E-state index is 0.0662. The lowest BCUT2D eigenvalue weighted by Crippen LogP contribution is -2.42. The van der Waals surface area contributed by atoms with Gasteiger partial charge in [0.2, 0.25) is 11.8 Å². The molecule has 0 unspecified atom stereocenters. The lowest BCUT2D eigenvalue weighted by atomic mass is 10.2. The lowest BCUT2D eigenvalue weighted by Gasteiger charge is -2.27. The second kappa shape index (κ2) is 9.96. The summed E-state index contributed by atoms with van der Waals surface area (Å²) in [5.41, 5.74) is 1.07. The molecule has 0 aliphatic carbocycles. The van der Waals surface area contributed by atoms with E-state index in [2.05, 4.69) is 0 Å². The zero-order valence-corrected chi connectivity index (χ0v) is 15.5. The number of carbonyl (C=O) groups excluding carboxylic acids is 2. The molecule has 0 aliphatic heterocycles. The Bertz CT molecular complexity index is 659. The predicted molar refractivity (Wildman–Crippen MR) is 99.1 cm³/mol. The third kappa shape index (κ3) is 6.32. The number of hydrogen-bond donors (Lipinski definition) is 0. The van der Waals surface area contributed by atoms with Gasteiger partial charge in [-0.05, 0) is 17.0 Å². The molecule has 5 nitrogen and oxygen atoms in total. The third-order valence-corrected chi connectivity index (χ3v) is 4.69. The molecule has 1 aromatic carbocycles. The van der Waals surface area contributed by atoms with Gasteiger partial charge in [-0.2, -0.15) is 0 Å². The predicted octanol–water partition coefficient (Wildman–Crippen LogP) is 2.77. The number of ether oxygens (including phenoxy) is 1. The fraction of sp³-hybridized carbons (Fsp3) is 0.368. The maximum atomic E-state index is 12.8. The van der Waals surface area contributed by atoms with Crippen molar-refractivity contribution in [2.75, 3.05) is 26.8 Å². The van der Waals surface area contributed by atoms with Crippen LogP contribution in [0.1, 0.15) is 17.4 Å². The van der Waals surface area contributed by atoms with Crippen LogP contribution in [0.15, 0.2) is 47.8 Å². The maximum absolute atomic E-state index is 12.8. The molecule has 0 saturated carbocycles. The topological polar surface area (TPSA) is 49.9 Å². The minimum Gasteiger partial charge on any atom is -0.383 e. The summed E-state index contributed by atoms with van der Waals surface area (Å²) >= 11 is 1.62. The van der Waals surface area contributed by atoms with E-state index in [4.69, 9.17) is 4.74 Å². The Morgan fingerprint density at radius 2 is 1.80 bits per heavy atom. The van der Waals surface area contributed by atoms with E-state index >= 15 is 0 Å². The Balaban J connectivity index is 2.09. The molecule has 134 valence electrons. The number of rotatable bonds is 9. The maximum Gasteiger partial charge on any atom is 0.242 e. The van der Waals surface area contributed by atoms with Crippen LogP contribution >= 0.6 is 11.3 Å². The number of hydrogen-bond acceptors (Lipinski definition) is 4. The van der Waals surface area contributed by atoms with Crippen LogP contribution in [0.4, 0.5) is 0 Å². The first-order valence-electron chi connectivity index (χ1n) is 8.18. The summed E-state index contributed by atoms with van der Waals surface area (Å²) in [6, 6.07) is 13.9. The molecule has 25 heavy (non-hydrogen) atoms. The van der Waals surface area contributed by atoms with E-state index in [1.807, 2.05) is 47.8 Å². The van der Waals surface area contributed by atoms with Crippen molar-refractivity contribution in [2.45, 2.75) is 20.0 Å². The highest BCUT2D eigenvalue weighted by molar-refractivity contribution is 7.09. The van der Waals surface area contributed by atoms with Gasteiger partial charge in [-0.15, -0.1) is 11.3 Å². The van der Waals surface area contributed by atoms with E-state index in [1.54, 1.807) is 23.3 Å². The van der Waals surface area contributed by atoms with Crippen LogP contribution < -0.4 is 0 Å². The molecular formula is C19H24N2O3S. The molecule has 6 heteroatoms. The third-order valence-electron chi connectivity index (χ3n) is 3.83. The van der Waals surface area contributed by atoms with Crippen molar-refractivity contribution < 1.29 is 14.3 Å². The first-order valence-corrected chi connectivity index (χ1v) is 9.06. The van der Waals surface area contributed by atoms with Crippen LogP contribution in [-0.2, 0) is 27.4 Å². The summed E-state index contributed by atoms with van der Waals surface area (Å²) in [7, 11) is 1.58. The molecule has 0 radical (unpaired) electrons. The van der Waals surface area contributed by atoms with Crippen LogP contribution in [0.5, 0.6) is 0 Å². The number of benzene rings is 1. The largest absolute Gasteiger partial charge is 0.383 e. The minimum atomic E-state index is -0.124. The highest BCUT2D eigenvalue weighted by Crippen LogP contribution is 2.15. The highest BCUT2D eigenvalue weighted by atomic mass is 32.1. The first kappa shape index (κ1) is 19.1. The summed E-state index contributed by atoms with van der Waals surface area (Å²) in [4.78, 5) is 29.1. The summed E-state index contributed by atoms with van der Waals surface area (Å²) in [5, 5.41) is 2.00. The molecule has 1 aromatic heterocycles. The van der Waals surface area contributed by atoms with E-state index in [9.17, 15) is 9.59 Å². The van der Waals surface area contributed by atoms with Gasteiger partial charge in [0.25, 0.3) is 0 Å². The summed E-state index contributed by atoms with van der Waals surface area (Å²) in [6.45, 7) is 3.43. The summed E-state index contributed by atoms with van der Waals surface area (Å²) in [6.07, 6.45) is 0. The molecule has 2 rings (SSSR count). The second-order valence-corrected chi connectivity index (χ2v) is 6.78. The van der Waals surface area contributed by atoms with E-state index in [0.717, 1.165) is 10.4 Å². The van der Waals surface area contributed by atoms with Crippen molar-refractivity contribution in [2.24, 2.45) is 0 Å². The smallest absolute Gasteiger partial charge is 0.242 e. The number of thiophene rings is 1. The number of methoxy groups -OCH3 is 1. The number of amides is 2. The highest BCUT2D eigenvalue weighted by Gasteiger charge is 2.20. The molecule has 0 spiro atoms. The van der Waals surface area contributed by atoms with E-state index in [-0.39, 0.29) is 18.4 Å². The Morgan fingerprint density at radius 3 is 2.40 bits per heavy atom. The van der Waals surface area contributed by atoms with Crippen molar-refractivity contribution in [3.05, 3.63) is 58.3 Å². The van der Waals surface area contributed by atoms with Crippen LogP contribution in [-0.4, -0.2) is 48.4 Å². The Morgan fingerprint density at radius 1 is 1.04 bits per heavy atom. The van der Waals surface area contributed by atoms with Gasteiger partial charge in [-0.25, -0.2) is 0 Å². The summed E-state index contributed by atoms with van der Waals surface area (Å²) in [5.74, 6) is -0.190. The van der Waals surface area contributed by atoms with Crippen molar-refractivity contribution in [1.82, 2.24) is 9.80 Å². The van der Waals surface area contributed by atoms with E-state index in [1.165, 1.54) is 11.8 Å². The molecule has 0 saturated heterocycles. The van der Waals surface area contributed by atoms with Gasteiger partial charge in [0.1, 0.15) is 0 Å². The molecule has 0 N–H and O–H groups in total. The van der Waals surface area contributed by atoms with Crippen LogP contribution in [0.2, 0.25) is 0 Å². The van der Waals surface area contributed by atoms with Crippen LogP contribution in [0.25, 0.3) is 0 Å². The average molecular weight is 360 g/mol. The van der Waals surface area contributed by atoms with E-state index in [0.29, 0.717) is 26.2 Å². The zero-order chi connectivity index (χ0) is 18.1. The van der Waals surface area contributed by atoms with Crippen LogP contribution in [0, 0.1) is 0 Å². The van der Waals surface area contributed by atoms with Gasteiger partial charge in [0.05, 0.1) is 19.7 Å². The fourth-order valence-corrected chi connectivity index (χ4v) is 3.16. The normalized spacial score (nSPS) is 10.5. The fourth-order valence-electron chi connectivity index (χ4n) is 2.44. The van der Waals surface area contributed by atoms with Crippen LogP contribution in [0.3, 0.4) is 0 Å². The molecule has 2 amide bonds. The molecule has 0 aliphatic rings. The van der Waals surface area contributed by atoms with Crippen molar-refractivity contribution >= 4 is 23.2 Å². The molecule has 0 bridgehead atoms. The first-order chi connectivity index (χ1) is 12.1. The SMILES string of the molecule is COCCN(CC(=O)N(Cc1ccccc1)Cc1cccs1)C(C)=O. The molecule has 0 atom stereocenters. The number of carbonyl (C=O) groups is 2. The summed E-state index contributed by atoms with van der Waals surface area (Å²) < 4.78 is 5.03. The van der Waals surface area contributed by atoms with Gasteiger partial charge >= 0.3 is 0 Å². The van der Waals surface area contributed by atoms with E-state index < -0.39 is 0 Å². The van der Waals surface area contributed by atoms with Crippen molar-refractivity contribution in [1.29, 1.82) is 0 Å². The Hall–Kier alpha value is -2.18. The van der Waals surface area contributed by atoms with Crippen molar-refractivity contribution in [3.63, 3.8) is 0 Å². The molecule has 1 heterocycles. The average Bonchev–Trinajstić information content (AvgIpc) is 3.11. The zero-order valence-electron chi connectivity index (χ0n) is 14.7. The van der Waals surface area contributed by atoms with Crippen molar-refractivity contribution in [3.8, 4) is 0 Å². The lowest BCUT2D eigenvalue weighted by molar-refractivity contribution is -0.140. The Kier molecular flexibility index (Phi) is 7.63. The standard InChI is InChI=1S/C19H24N2O3S/c1-16(22)20(10-11-24-2)15-19(23)21(14-18-9-6-12-25-18)13-17-7-4-3-5-8-17/h3-9,12H,10-11,13-15H2,1-2H3. The number of nitrogens with zero attached hydrogens (tertiary/aromatic N) is 2. The molecule has 2 aromatic rings. The van der Waals surface area contributed by atoms with Gasteiger partial charge in [-0.3, -0.25) is 9.59 Å². The van der Waals surface area contributed by atoms with Gasteiger partial charge in [0.15, 0.2) is 0 Å². The van der Waals surface area contributed by atoms with Gasteiger partial charge < -0.3 is 14.5 Å². The monoisotopic (exact) mass is 360 g/mol. The molecular weight excluding hydrogens is 336 g/mol. The second-order valence-electron chi connectivity index (χ2n) is 5.75. The van der Waals surface area contributed by atoms with Gasteiger partial charge in [0, 0.05) is 32.0 Å². The quantitative estimate of drug-likeness (QED) is 0.691. The van der Waals surface area contributed by atoms with Gasteiger partial charge in [-0.1, -0.05) is 36.4 Å². The Labute approximate surface area is 152 Å².